The first-order chi connectivity index (χ1) is 18.0. The van der Waals surface area contributed by atoms with Crippen molar-refractivity contribution in [3.63, 3.8) is 0 Å². The lowest BCUT2D eigenvalue weighted by Crippen LogP contribution is -2.11. The van der Waals surface area contributed by atoms with Crippen LogP contribution in [0.1, 0.15) is 20.7 Å². The van der Waals surface area contributed by atoms with Crippen LogP contribution in [0.4, 0.5) is 11.4 Å². The number of H-pyrrole nitrogens is 1. The van der Waals surface area contributed by atoms with Gasteiger partial charge in [-0.1, -0.05) is 12.1 Å². The molecule has 2 amide bonds. The molecule has 0 radical (unpaired) electrons. The molecule has 0 unspecified atom stereocenters. The number of hydrogen-bond acceptors (Lipinski definition) is 5. The Hall–Kier alpha value is -5.11. The van der Waals surface area contributed by atoms with Crippen LogP contribution in [0, 0.1) is 0 Å². The van der Waals surface area contributed by atoms with Crippen LogP contribution >= 0.6 is 0 Å². The molecule has 0 bridgehead atoms. The third kappa shape index (κ3) is 5.28. The average molecular weight is 493 g/mol. The SMILES string of the molecule is COc1cccc(C(=O)Nc2ccc(-c3nc4ccc(NC(=O)c5cccc(OC)c5)cc4[nH]3)cc2)c1. The minimum atomic E-state index is -0.232. The summed E-state index contributed by atoms with van der Waals surface area (Å²) in [4.78, 5) is 33.2. The molecule has 0 saturated heterocycles. The molecule has 5 aromatic rings. The van der Waals surface area contributed by atoms with E-state index in [4.69, 9.17) is 9.47 Å². The van der Waals surface area contributed by atoms with Gasteiger partial charge < -0.3 is 25.1 Å². The van der Waals surface area contributed by atoms with Crippen molar-refractivity contribution >= 4 is 34.2 Å². The first kappa shape index (κ1) is 23.6. The molecule has 1 aromatic heterocycles. The monoisotopic (exact) mass is 492 g/mol. The van der Waals surface area contributed by atoms with Crippen LogP contribution in [-0.4, -0.2) is 36.0 Å². The van der Waals surface area contributed by atoms with Crippen LogP contribution < -0.4 is 20.1 Å². The maximum absolute atomic E-state index is 12.6. The number of hydrogen-bond donors (Lipinski definition) is 3. The quantitative estimate of drug-likeness (QED) is 0.268. The van der Waals surface area contributed by atoms with Crippen molar-refractivity contribution in [2.75, 3.05) is 24.9 Å². The summed E-state index contributed by atoms with van der Waals surface area (Å²) < 4.78 is 10.4. The van der Waals surface area contributed by atoms with Gasteiger partial charge in [0, 0.05) is 28.1 Å². The summed E-state index contributed by atoms with van der Waals surface area (Å²) in [6, 6.07) is 26.8. The number of nitrogens with zero attached hydrogens (tertiary/aromatic N) is 1. The van der Waals surface area contributed by atoms with Crippen molar-refractivity contribution in [3.8, 4) is 22.9 Å². The molecule has 0 fully saturated rings. The van der Waals surface area contributed by atoms with E-state index in [-0.39, 0.29) is 11.8 Å². The molecule has 3 N–H and O–H groups in total. The summed E-state index contributed by atoms with van der Waals surface area (Å²) >= 11 is 0. The van der Waals surface area contributed by atoms with Gasteiger partial charge in [0.15, 0.2) is 0 Å². The first-order valence-electron chi connectivity index (χ1n) is 11.5. The number of aromatic amines is 1. The molecule has 0 aliphatic rings. The predicted molar refractivity (Wildman–Crippen MR) is 143 cm³/mol. The summed E-state index contributed by atoms with van der Waals surface area (Å²) in [7, 11) is 3.12. The Morgan fingerprint density at radius 2 is 1.27 bits per heavy atom. The third-order valence-electron chi connectivity index (χ3n) is 5.82. The van der Waals surface area contributed by atoms with Gasteiger partial charge >= 0.3 is 0 Å². The predicted octanol–water partition coefficient (Wildman–Crippen LogP) is 5.75. The molecule has 8 nitrogen and oxygen atoms in total. The fourth-order valence-corrected chi connectivity index (χ4v) is 3.87. The van der Waals surface area contributed by atoms with E-state index in [0.29, 0.717) is 39.8 Å². The molecule has 0 aliphatic carbocycles. The second-order valence-corrected chi connectivity index (χ2v) is 8.27. The zero-order chi connectivity index (χ0) is 25.8. The highest BCUT2D eigenvalue weighted by atomic mass is 16.5. The molecule has 5 rings (SSSR count). The Bertz CT molecular complexity index is 1590. The number of nitrogens with one attached hydrogen (secondary N) is 3. The maximum atomic E-state index is 12.6. The van der Waals surface area contributed by atoms with Gasteiger partial charge in [-0.15, -0.1) is 0 Å². The molecule has 0 aliphatic heterocycles. The molecular weight excluding hydrogens is 468 g/mol. The van der Waals surface area contributed by atoms with Crippen LogP contribution in [0.25, 0.3) is 22.4 Å². The minimum absolute atomic E-state index is 0.223. The van der Waals surface area contributed by atoms with Crippen LogP contribution in [0.5, 0.6) is 11.5 Å². The average Bonchev–Trinajstić information content (AvgIpc) is 3.37. The topological polar surface area (TPSA) is 105 Å². The van der Waals surface area contributed by atoms with Gasteiger partial charge in [0.2, 0.25) is 0 Å². The number of anilines is 2. The summed E-state index contributed by atoms with van der Waals surface area (Å²) in [6.07, 6.45) is 0. The number of carbonyl (C=O) groups excluding carboxylic acids is 2. The lowest BCUT2D eigenvalue weighted by molar-refractivity contribution is 0.101. The van der Waals surface area contributed by atoms with E-state index in [9.17, 15) is 9.59 Å². The molecule has 37 heavy (non-hydrogen) atoms. The van der Waals surface area contributed by atoms with Crippen LogP contribution in [0.2, 0.25) is 0 Å². The Morgan fingerprint density at radius 3 is 1.86 bits per heavy atom. The molecule has 0 saturated carbocycles. The number of amides is 2. The van der Waals surface area contributed by atoms with Crippen LogP contribution in [-0.2, 0) is 0 Å². The van der Waals surface area contributed by atoms with Crippen LogP contribution in [0.3, 0.4) is 0 Å². The highest BCUT2D eigenvalue weighted by Gasteiger charge is 2.11. The number of rotatable bonds is 7. The van der Waals surface area contributed by atoms with E-state index in [2.05, 4.69) is 20.6 Å². The van der Waals surface area contributed by atoms with Gasteiger partial charge in [-0.25, -0.2) is 4.98 Å². The Kier molecular flexibility index (Phi) is 6.54. The lowest BCUT2D eigenvalue weighted by atomic mass is 10.1. The summed E-state index contributed by atoms with van der Waals surface area (Å²) in [5.74, 6) is 1.46. The smallest absolute Gasteiger partial charge is 0.255 e. The van der Waals surface area contributed by atoms with Crippen molar-refractivity contribution in [1.29, 1.82) is 0 Å². The minimum Gasteiger partial charge on any atom is -0.497 e. The summed E-state index contributed by atoms with van der Waals surface area (Å²) in [5, 5.41) is 5.79. The molecule has 184 valence electrons. The van der Waals surface area contributed by atoms with Gasteiger partial charge in [-0.2, -0.15) is 0 Å². The highest BCUT2D eigenvalue weighted by Crippen LogP contribution is 2.25. The number of imidazole rings is 1. The first-order valence-corrected chi connectivity index (χ1v) is 11.5. The van der Waals surface area contributed by atoms with Crippen molar-refractivity contribution in [2.45, 2.75) is 0 Å². The van der Waals surface area contributed by atoms with Crippen molar-refractivity contribution in [2.24, 2.45) is 0 Å². The third-order valence-corrected chi connectivity index (χ3v) is 5.82. The van der Waals surface area contributed by atoms with Gasteiger partial charge in [0.25, 0.3) is 11.8 Å². The maximum Gasteiger partial charge on any atom is 0.255 e. The summed E-state index contributed by atoms with van der Waals surface area (Å²) in [6.45, 7) is 0. The standard InChI is InChI=1S/C29H24N4O4/c1-36-23-7-3-5-19(15-23)28(34)30-21-11-9-18(10-12-21)27-32-25-14-13-22(17-26(25)33-27)31-29(35)20-6-4-8-24(16-20)37-2/h3-17H,1-2H3,(H,30,34)(H,31,35)(H,32,33). The highest BCUT2D eigenvalue weighted by molar-refractivity contribution is 6.05. The second-order valence-electron chi connectivity index (χ2n) is 8.27. The summed E-state index contributed by atoms with van der Waals surface area (Å²) in [5.41, 5.74) is 4.73. The molecule has 0 spiro atoms. The fraction of sp³-hybridized carbons (Fsp3) is 0.0690. The number of carbonyl (C=O) groups is 2. The van der Waals surface area contributed by atoms with Gasteiger partial charge in [0.1, 0.15) is 17.3 Å². The number of benzene rings is 4. The molecule has 8 heteroatoms. The zero-order valence-corrected chi connectivity index (χ0v) is 20.2. The van der Waals surface area contributed by atoms with Crippen molar-refractivity contribution < 1.29 is 19.1 Å². The van der Waals surface area contributed by atoms with Crippen molar-refractivity contribution in [1.82, 2.24) is 9.97 Å². The van der Waals surface area contributed by atoms with E-state index < -0.39 is 0 Å². The molecule has 0 atom stereocenters. The van der Waals surface area contributed by atoms with Crippen molar-refractivity contribution in [3.05, 3.63) is 102 Å². The van der Waals surface area contributed by atoms with Gasteiger partial charge in [-0.3, -0.25) is 9.59 Å². The van der Waals surface area contributed by atoms with E-state index in [0.717, 1.165) is 16.6 Å². The number of methoxy groups -OCH3 is 2. The molecule has 1 heterocycles. The largest absolute Gasteiger partial charge is 0.497 e. The zero-order valence-electron chi connectivity index (χ0n) is 20.2. The normalized spacial score (nSPS) is 10.6. The number of fused-ring (bicyclic) bond motifs is 1. The number of aromatic nitrogens is 2. The van der Waals surface area contributed by atoms with Gasteiger partial charge in [0.05, 0.1) is 25.3 Å². The van der Waals surface area contributed by atoms with E-state index in [1.54, 1.807) is 62.8 Å². The lowest BCUT2D eigenvalue weighted by Gasteiger charge is -2.07. The van der Waals surface area contributed by atoms with E-state index in [1.165, 1.54) is 0 Å². The molecule has 4 aromatic carbocycles. The van der Waals surface area contributed by atoms with E-state index in [1.807, 2.05) is 42.5 Å². The van der Waals surface area contributed by atoms with Gasteiger partial charge in [-0.05, 0) is 78.9 Å². The Labute approximate surface area is 213 Å². The molecular formula is C29H24N4O4. The Morgan fingerprint density at radius 1 is 0.703 bits per heavy atom. The van der Waals surface area contributed by atoms with Crippen LogP contribution in [0.15, 0.2) is 91.0 Å². The second kappa shape index (κ2) is 10.2. The van der Waals surface area contributed by atoms with E-state index >= 15 is 0 Å². The Balaban J connectivity index is 1.29. The number of ether oxygens (including phenoxy) is 2. The fourth-order valence-electron chi connectivity index (χ4n) is 3.87.